The fourth-order valence-corrected chi connectivity index (χ4v) is 4.21. The lowest BCUT2D eigenvalue weighted by Crippen LogP contribution is -2.20. The molecule has 1 aromatic heterocycles. The Hall–Kier alpha value is -1.37. The van der Waals surface area contributed by atoms with Crippen LogP contribution in [0.2, 0.25) is 5.02 Å². The van der Waals surface area contributed by atoms with E-state index in [-0.39, 0.29) is 0 Å². The second-order valence-corrected chi connectivity index (χ2v) is 9.13. The number of halogens is 1. The van der Waals surface area contributed by atoms with E-state index in [2.05, 4.69) is 39.9 Å². The predicted octanol–water partition coefficient (Wildman–Crippen LogP) is 7.33. The Balaban J connectivity index is 2.37. The number of hydrogen-bond donors (Lipinski definition) is 1. The Labute approximate surface area is 195 Å². The van der Waals surface area contributed by atoms with E-state index in [1.165, 1.54) is 11.8 Å². The number of thiocarbonyl (C=S) groups is 1. The highest BCUT2D eigenvalue weighted by Gasteiger charge is 2.18. The van der Waals surface area contributed by atoms with Gasteiger partial charge in [0.05, 0.1) is 22.1 Å². The quantitative estimate of drug-likeness (QED) is 0.370. The van der Waals surface area contributed by atoms with Gasteiger partial charge >= 0.3 is 0 Å². The summed E-state index contributed by atoms with van der Waals surface area (Å²) in [4.78, 5) is 9.90. The smallest absolute Gasteiger partial charge is 0.225 e. The number of ether oxygens (including phenoxy) is 1. The van der Waals surface area contributed by atoms with Crippen LogP contribution in [0.15, 0.2) is 18.2 Å². The van der Waals surface area contributed by atoms with Gasteiger partial charge in [-0.15, -0.1) is 0 Å². The van der Waals surface area contributed by atoms with Crippen LogP contribution in [0, 0.1) is 0 Å². The molecule has 0 aliphatic heterocycles. The molecule has 1 N–H and O–H groups in total. The van der Waals surface area contributed by atoms with Crippen LogP contribution in [0.25, 0.3) is 11.3 Å². The lowest BCUT2D eigenvalue weighted by molar-refractivity contribution is 0.579. The van der Waals surface area contributed by atoms with Crippen molar-refractivity contribution in [3.63, 3.8) is 0 Å². The van der Waals surface area contributed by atoms with Crippen molar-refractivity contribution in [2.45, 2.75) is 72.8 Å². The van der Waals surface area contributed by atoms with Crippen molar-refractivity contribution in [3.8, 4) is 17.0 Å². The largest absolute Gasteiger partial charge is 0.440 e. The van der Waals surface area contributed by atoms with E-state index in [4.69, 9.17) is 38.5 Å². The fourth-order valence-electron chi connectivity index (χ4n) is 3.08. The molecule has 4 nitrogen and oxygen atoms in total. The van der Waals surface area contributed by atoms with Crippen molar-refractivity contribution in [2.75, 3.05) is 11.1 Å². The highest BCUT2D eigenvalue weighted by molar-refractivity contribution is 8.22. The van der Waals surface area contributed by atoms with E-state index in [9.17, 15) is 0 Å². The summed E-state index contributed by atoms with van der Waals surface area (Å²) in [5.41, 5.74) is 3.60. The summed E-state index contributed by atoms with van der Waals surface area (Å²) >= 11 is 13.4. The van der Waals surface area contributed by atoms with Crippen LogP contribution >= 0.6 is 35.6 Å². The Morgan fingerprint density at radius 3 is 2.37 bits per heavy atom. The number of aromatic nitrogens is 2. The SMILES string of the molecule is CCCSC(=S)Oc1ccc(-c2nc(CC)c(NC(CC)CC)nc2CC)c(Cl)c1. The lowest BCUT2D eigenvalue weighted by atomic mass is 10.1. The van der Waals surface area contributed by atoms with Crippen LogP contribution in [0.3, 0.4) is 0 Å². The highest BCUT2D eigenvalue weighted by Crippen LogP contribution is 2.34. The molecule has 0 fully saturated rings. The number of nitrogens with zero attached hydrogens (tertiary/aromatic N) is 2. The summed E-state index contributed by atoms with van der Waals surface area (Å²) in [7, 11) is 0. The minimum absolute atomic E-state index is 0.398. The Kier molecular flexibility index (Phi) is 10.4. The number of nitrogens with one attached hydrogen (secondary N) is 1. The van der Waals surface area contributed by atoms with Gasteiger partial charge in [0.25, 0.3) is 0 Å². The summed E-state index contributed by atoms with van der Waals surface area (Å²) in [6.45, 7) is 10.7. The number of aryl methyl sites for hydroxylation is 2. The molecule has 2 aromatic rings. The predicted molar refractivity (Wildman–Crippen MR) is 135 cm³/mol. The van der Waals surface area contributed by atoms with Crippen LogP contribution < -0.4 is 10.1 Å². The Morgan fingerprint density at radius 2 is 1.80 bits per heavy atom. The molecule has 0 aliphatic carbocycles. The van der Waals surface area contributed by atoms with E-state index < -0.39 is 0 Å². The third-order valence-electron chi connectivity index (χ3n) is 4.86. The summed E-state index contributed by atoms with van der Waals surface area (Å²) in [6, 6.07) is 6.04. The molecule has 0 saturated heterocycles. The Bertz CT molecular complexity index is 857. The zero-order valence-corrected chi connectivity index (χ0v) is 20.9. The third kappa shape index (κ3) is 6.56. The molecular weight excluding hydrogens is 434 g/mol. The molecule has 0 unspecified atom stereocenters. The molecule has 164 valence electrons. The first kappa shape index (κ1) is 24.9. The van der Waals surface area contributed by atoms with Gasteiger partial charge in [-0.3, -0.25) is 0 Å². The minimum atomic E-state index is 0.398. The van der Waals surface area contributed by atoms with Gasteiger partial charge < -0.3 is 10.1 Å². The first-order valence-corrected chi connectivity index (χ1v) is 12.5. The minimum Gasteiger partial charge on any atom is -0.440 e. The maximum atomic E-state index is 6.63. The van der Waals surface area contributed by atoms with Gasteiger partial charge in [-0.25, -0.2) is 9.97 Å². The monoisotopic (exact) mass is 465 g/mol. The average Bonchev–Trinajstić information content (AvgIpc) is 2.75. The normalized spacial score (nSPS) is 11.0. The van der Waals surface area contributed by atoms with Crippen LogP contribution in [-0.4, -0.2) is 26.1 Å². The standard InChI is InChI=1S/C23H32ClN3OS2/c1-6-13-30-23(29)28-16-11-12-17(18(24)14-16)21-19(9-4)27-22(20(10-5)26-21)25-15(7-2)8-3/h11-12,14-15H,6-10,13H2,1-5H3,(H,25,27). The number of anilines is 1. The molecule has 2 rings (SSSR count). The second-order valence-electron chi connectivity index (χ2n) is 7.02. The molecule has 1 aromatic carbocycles. The molecule has 0 radical (unpaired) electrons. The third-order valence-corrected chi connectivity index (χ3v) is 6.54. The molecule has 1 heterocycles. The summed E-state index contributed by atoms with van der Waals surface area (Å²) in [5.74, 6) is 2.48. The van der Waals surface area contributed by atoms with E-state index >= 15 is 0 Å². The zero-order chi connectivity index (χ0) is 22.1. The molecule has 0 amide bonds. The van der Waals surface area contributed by atoms with Crippen LogP contribution in [0.5, 0.6) is 5.75 Å². The summed E-state index contributed by atoms with van der Waals surface area (Å²) < 4.78 is 6.25. The average molecular weight is 466 g/mol. The van der Waals surface area contributed by atoms with Crippen molar-refractivity contribution in [2.24, 2.45) is 0 Å². The molecule has 0 atom stereocenters. The van der Waals surface area contributed by atoms with Crippen molar-refractivity contribution >= 4 is 45.8 Å². The first-order valence-electron chi connectivity index (χ1n) is 10.8. The number of hydrogen-bond acceptors (Lipinski definition) is 6. The van der Waals surface area contributed by atoms with Gasteiger partial charge in [0.15, 0.2) is 0 Å². The summed E-state index contributed by atoms with van der Waals surface area (Å²) in [6.07, 6.45) is 4.73. The fraction of sp³-hybridized carbons (Fsp3) is 0.522. The number of rotatable bonds is 10. The van der Waals surface area contributed by atoms with Crippen molar-refractivity contribution in [1.29, 1.82) is 0 Å². The molecule has 30 heavy (non-hydrogen) atoms. The maximum Gasteiger partial charge on any atom is 0.225 e. The first-order chi connectivity index (χ1) is 14.5. The van der Waals surface area contributed by atoms with Gasteiger partial charge in [-0.2, -0.15) is 0 Å². The molecular formula is C23H32ClN3OS2. The van der Waals surface area contributed by atoms with Crippen molar-refractivity contribution in [1.82, 2.24) is 9.97 Å². The van der Waals surface area contributed by atoms with Gasteiger partial charge in [0.1, 0.15) is 11.6 Å². The molecule has 0 aliphatic rings. The van der Waals surface area contributed by atoms with Gasteiger partial charge in [0.2, 0.25) is 4.38 Å². The van der Waals surface area contributed by atoms with E-state index in [1.807, 2.05) is 12.1 Å². The van der Waals surface area contributed by atoms with E-state index in [1.54, 1.807) is 6.07 Å². The maximum absolute atomic E-state index is 6.63. The molecule has 7 heteroatoms. The molecule has 0 spiro atoms. The van der Waals surface area contributed by atoms with Crippen LogP contribution in [0.4, 0.5) is 5.82 Å². The lowest BCUT2D eigenvalue weighted by Gasteiger charge is -2.20. The van der Waals surface area contributed by atoms with Crippen LogP contribution in [-0.2, 0) is 12.8 Å². The van der Waals surface area contributed by atoms with E-state index in [0.29, 0.717) is 21.2 Å². The van der Waals surface area contributed by atoms with Crippen LogP contribution in [0.1, 0.15) is 65.3 Å². The summed E-state index contributed by atoms with van der Waals surface area (Å²) in [5, 5.41) is 4.16. The number of benzene rings is 1. The van der Waals surface area contributed by atoms with Gasteiger partial charge in [0, 0.05) is 23.4 Å². The van der Waals surface area contributed by atoms with Gasteiger partial charge in [-0.1, -0.05) is 58.0 Å². The van der Waals surface area contributed by atoms with Crippen molar-refractivity contribution in [3.05, 3.63) is 34.6 Å². The topological polar surface area (TPSA) is 47.0 Å². The second kappa shape index (κ2) is 12.5. The Morgan fingerprint density at radius 1 is 1.10 bits per heavy atom. The van der Waals surface area contributed by atoms with Gasteiger partial charge in [-0.05, 0) is 56.5 Å². The van der Waals surface area contributed by atoms with Crippen molar-refractivity contribution < 1.29 is 4.74 Å². The molecule has 0 bridgehead atoms. The highest BCUT2D eigenvalue weighted by atomic mass is 35.5. The zero-order valence-electron chi connectivity index (χ0n) is 18.5. The number of thioether (sulfide) groups is 1. The van der Waals surface area contributed by atoms with E-state index in [0.717, 1.165) is 66.3 Å². The molecule has 0 saturated carbocycles.